The number of nitrogens with zero attached hydrogens (tertiary/aromatic N) is 4. The Morgan fingerprint density at radius 3 is 1.84 bits per heavy atom. The second-order valence-corrected chi connectivity index (χ2v) is 6.85. The van der Waals surface area contributed by atoms with Gasteiger partial charge in [-0.05, 0) is 4.93 Å². The van der Waals surface area contributed by atoms with Gasteiger partial charge in [-0.25, -0.2) is 18.9 Å². The summed E-state index contributed by atoms with van der Waals surface area (Å²) in [5.41, 5.74) is 0. The number of aromatic nitrogens is 4. The van der Waals surface area contributed by atoms with Crippen LogP contribution in [0.1, 0.15) is 25.7 Å². The quantitative estimate of drug-likeness (QED) is 0.242. The molecule has 2 aliphatic rings. The molecule has 2 saturated heterocycles. The molecule has 32 heavy (non-hydrogen) atoms. The van der Waals surface area contributed by atoms with Crippen molar-refractivity contribution in [3.05, 3.63) is 37.4 Å². The average molecular weight is 676 g/mol. The van der Waals surface area contributed by atoms with Crippen molar-refractivity contribution >= 4 is 34.8 Å². The molecule has 4 heterocycles. The SMILES string of the molecule is CI.C[n+]1ccn(C(=O)OC2CCOCC2)c1.O=C(OC1CCOCC1)n1ccnc1.[I-]. The van der Waals surface area contributed by atoms with E-state index < -0.39 is 0 Å². The summed E-state index contributed by atoms with van der Waals surface area (Å²) < 4.78 is 25.5. The Kier molecular flexibility index (Phi) is 14.7. The van der Waals surface area contributed by atoms with Gasteiger partial charge in [0.2, 0.25) is 0 Å². The van der Waals surface area contributed by atoms with Gasteiger partial charge in [0.05, 0.1) is 33.5 Å². The number of hydrogen-bond acceptors (Lipinski definition) is 7. The minimum absolute atomic E-state index is 0. The third kappa shape index (κ3) is 10.1. The molecule has 0 aromatic carbocycles. The third-order valence-electron chi connectivity index (χ3n) is 4.57. The molecular formula is C20H30I2N4O6. The lowest BCUT2D eigenvalue weighted by Crippen LogP contribution is -3.00. The zero-order valence-electron chi connectivity index (χ0n) is 18.3. The van der Waals surface area contributed by atoms with Crippen LogP contribution in [0.15, 0.2) is 37.4 Å². The number of carbonyl (C=O) groups excluding carboxylic acids is 2. The van der Waals surface area contributed by atoms with Crippen molar-refractivity contribution in [3.63, 3.8) is 0 Å². The number of hydrogen-bond donors (Lipinski definition) is 0. The number of rotatable bonds is 2. The van der Waals surface area contributed by atoms with Crippen molar-refractivity contribution in [2.24, 2.45) is 7.05 Å². The maximum Gasteiger partial charge on any atom is 0.511 e. The number of halogens is 2. The fourth-order valence-electron chi connectivity index (χ4n) is 2.92. The van der Waals surface area contributed by atoms with E-state index in [1.165, 1.54) is 15.5 Å². The van der Waals surface area contributed by atoms with Crippen molar-refractivity contribution in [1.29, 1.82) is 0 Å². The molecule has 0 N–H and O–H groups in total. The molecule has 0 saturated carbocycles. The van der Waals surface area contributed by atoms with E-state index in [0.29, 0.717) is 26.4 Å². The fourth-order valence-corrected chi connectivity index (χ4v) is 2.92. The first-order chi connectivity index (χ1) is 15.1. The molecule has 0 bridgehead atoms. The summed E-state index contributed by atoms with van der Waals surface area (Å²) in [7, 11) is 1.86. The van der Waals surface area contributed by atoms with E-state index in [9.17, 15) is 9.59 Å². The van der Waals surface area contributed by atoms with Crippen molar-refractivity contribution in [3.8, 4) is 0 Å². The van der Waals surface area contributed by atoms with Gasteiger partial charge >= 0.3 is 12.2 Å². The van der Waals surface area contributed by atoms with Gasteiger partial charge in [0, 0.05) is 38.1 Å². The summed E-state index contributed by atoms with van der Waals surface area (Å²) in [4.78, 5) is 28.8. The molecule has 2 fully saturated rings. The number of carbonyl (C=O) groups is 2. The maximum atomic E-state index is 11.6. The van der Waals surface area contributed by atoms with Gasteiger partial charge in [0.25, 0.3) is 6.33 Å². The topological polar surface area (TPSA) is 97.7 Å². The predicted molar refractivity (Wildman–Crippen MR) is 119 cm³/mol. The average Bonchev–Trinajstić information content (AvgIpc) is 3.49. The highest BCUT2D eigenvalue weighted by atomic mass is 127. The molecule has 2 aliphatic heterocycles. The van der Waals surface area contributed by atoms with E-state index in [0.717, 1.165) is 25.7 Å². The van der Waals surface area contributed by atoms with Gasteiger partial charge in [0.15, 0.2) is 0 Å². The third-order valence-corrected chi connectivity index (χ3v) is 4.57. The van der Waals surface area contributed by atoms with E-state index in [-0.39, 0.29) is 48.4 Å². The standard InChI is InChI=1S/C10H15N2O3.C9H12N2O3.CH3I.HI/c1-11-4-5-12(8-11)10(13)15-9-2-6-14-7-3-9;12-9(11-4-3-10-7-11)14-8-1-5-13-6-2-8;1-2;/h4-5,8-9H,2-3,6-7H2,1H3;3-4,7-8H,1-2,5-6H2;1H3;1H/q+1;;;/p-1. The van der Waals surface area contributed by atoms with Crippen LogP contribution in [0.25, 0.3) is 0 Å². The van der Waals surface area contributed by atoms with Crippen molar-refractivity contribution in [2.45, 2.75) is 37.9 Å². The smallest absolute Gasteiger partial charge is 0.511 e. The number of aryl methyl sites for hydroxylation is 1. The van der Waals surface area contributed by atoms with Gasteiger partial charge in [-0.15, -0.1) is 4.57 Å². The van der Waals surface area contributed by atoms with Gasteiger partial charge in [-0.3, -0.25) is 0 Å². The lowest BCUT2D eigenvalue weighted by Gasteiger charge is -2.21. The van der Waals surface area contributed by atoms with Crippen LogP contribution in [-0.2, 0) is 26.0 Å². The normalized spacial score (nSPS) is 16.3. The number of imidazole rings is 2. The molecule has 0 aliphatic carbocycles. The zero-order valence-corrected chi connectivity index (χ0v) is 22.6. The molecular weight excluding hydrogens is 646 g/mol. The number of alkyl halides is 1. The predicted octanol–water partition coefficient (Wildman–Crippen LogP) is -0.422. The molecule has 0 radical (unpaired) electrons. The van der Waals surface area contributed by atoms with Crippen LogP contribution >= 0.6 is 22.6 Å². The lowest BCUT2D eigenvalue weighted by atomic mass is 10.2. The lowest BCUT2D eigenvalue weighted by molar-refractivity contribution is -0.670. The van der Waals surface area contributed by atoms with Crippen LogP contribution in [-0.4, -0.2) is 69.9 Å². The minimum atomic E-state index is -0.366. The number of ether oxygens (including phenoxy) is 4. The summed E-state index contributed by atoms with van der Waals surface area (Å²) in [5.74, 6) is 0. The molecule has 2 aromatic rings. The fraction of sp³-hybridized carbons (Fsp3) is 0.600. The Balaban J connectivity index is 0.000000289. The van der Waals surface area contributed by atoms with Crippen LogP contribution < -0.4 is 28.5 Å². The molecule has 0 unspecified atom stereocenters. The highest BCUT2D eigenvalue weighted by Crippen LogP contribution is 2.12. The van der Waals surface area contributed by atoms with Crippen LogP contribution in [0.5, 0.6) is 0 Å². The van der Waals surface area contributed by atoms with Gasteiger partial charge in [-0.2, -0.15) is 4.79 Å². The van der Waals surface area contributed by atoms with Crippen molar-refractivity contribution < 1.29 is 57.1 Å². The van der Waals surface area contributed by atoms with Crippen LogP contribution in [0.3, 0.4) is 0 Å². The van der Waals surface area contributed by atoms with E-state index >= 15 is 0 Å². The molecule has 12 heteroatoms. The maximum absolute atomic E-state index is 11.6. The Hall–Kier alpha value is -1.26. The first-order valence-electron chi connectivity index (χ1n) is 10.1. The first kappa shape index (κ1) is 28.8. The Morgan fingerprint density at radius 2 is 1.44 bits per heavy atom. The summed E-state index contributed by atoms with van der Waals surface area (Å²) in [6.07, 6.45) is 12.1. The highest BCUT2D eigenvalue weighted by Gasteiger charge is 2.22. The van der Waals surface area contributed by atoms with Crippen LogP contribution in [0.4, 0.5) is 9.59 Å². The van der Waals surface area contributed by atoms with Crippen LogP contribution in [0, 0.1) is 0 Å². The molecule has 0 atom stereocenters. The summed E-state index contributed by atoms with van der Waals surface area (Å²) in [6, 6.07) is 0. The highest BCUT2D eigenvalue weighted by molar-refractivity contribution is 14.1. The Bertz CT molecular complexity index is 775. The second kappa shape index (κ2) is 16.4. The molecule has 10 nitrogen and oxygen atoms in total. The van der Waals surface area contributed by atoms with E-state index in [2.05, 4.69) is 27.6 Å². The van der Waals surface area contributed by atoms with Crippen molar-refractivity contribution in [2.75, 3.05) is 31.4 Å². The summed E-state index contributed by atoms with van der Waals surface area (Å²) >= 11 is 2.15. The van der Waals surface area contributed by atoms with E-state index in [4.69, 9.17) is 18.9 Å². The molecule has 180 valence electrons. The minimum Gasteiger partial charge on any atom is -1.00 e. The summed E-state index contributed by atoms with van der Waals surface area (Å²) in [6.45, 7) is 2.69. The van der Waals surface area contributed by atoms with Gasteiger partial charge in [0.1, 0.15) is 30.9 Å². The Labute approximate surface area is 218 Å². The largest absolute Gasteiger partial charge is 1.00 e. The molecule has 0 amide bonds. The molecule has 4 rings (SSSR count). The zero-order chi connectivity index (χ0) is 22.5. The van der Waals surface area contributed by atoms with Gasteiger partial charge in [-0.1, -0.05) is 22.6 Å². The van der Waals surface area contributed by atoms with Crippen molar-refractivity contribution in [1.82, 2.24) is 14.1 Å². The van der Waals surface area contributed by atoms with Gasteiger partial charge < -0.3 is 42.9 Å². The summed E-state index contributed by atoms with van der Waals surface area (Å²) in [5, 5.41) is 0. The molecule has 0 spiro atoms. The van der Waals surface area contributed by atoms with Crippen LogP contribution in [0.2, 0.25) is 0 Å². The van der Waals surface area contributed by atoms with E-state index in [1.807, 2.05) is 12.0 Å². The first-order valence-corrected chi connectivity index (χ1v) is 12.2. The monoisotopic (exact) mass is 676 g/mol. The van der Waals surface area contributed by atoms with E-state index in [1.54, 1.807) is 35.7 Å². The Morgan fingerprint density at radius 1 is 0.938 bits per heavy atom. The molecule has 2 aromatic heterocycles. The second-order valence-electron chi connectivity index (χ2n) is 6.85.